The lowest BCUT2D eigenvalue weighted by Crippen LogP contribution is -2.49. The van der Waals surface area contributed by atoms with Crippen molar-refractivity contribution in [2.45, 2.75) is 43.2 Å². The molecule has 2 aliphatic rings. The number of nitrogens with one attached hydrogen (secondary N) is 1. The van der Waals surface area contributed by atoms with Crippen LogP contribution in [0.25, 0.3) is 11.3 Å². The van der Waals surface area contributed by atoms with E-state index in [1.165, 1.54) is 24.3 Å². The molecule has 2 aliphatic heterocycles. The van der Waals surface area contributed by atoms with Crippen molar-refractivity contribution in [3.05, 3.63) is 65.6 Å². The normalized spacial score (nSPS) is 16.7. The molecule has 0 bridgehead atoms. The van der Waals surface area contributed by atoms with Crippen molar-refractivity contribution < 1.29 is 23.8 Å². The molecule has 3 heterocycles. The van der Waals surface area contributed by atoms with Crippen LogP contribution in [0, 0.1) is 5.82 Å². The van der Waals surface area contributed by atoms with Crippen LogP contribution in [-0.4, -0.2) is 48.1 Å². The number of carbonyl (C=O) groups is 1. The van der Waals surface area contributed by atoms with Gasteiger partial charge in [0.2, 0.25) is 10.0 Å². The summed E-state index contributed by atoms with van der Waals surface area (Å²) in [4.78, 5) is 15.0. The third-order valence-electron chi connectivity index (χ3n) is 6.48. The highest BCUT2D eigenvalue weighted by molar-refractivity contribution is 7.89. The van der Waals surface area contributed by atoms with Crippen LogP contribution in [-0.2, 0) is 22.7 Å². The summed E-state index contributed by atoms with van der Waals surface area (Å²) >= 11 is 0. The molecule has 3 aromatic rings. The van der Waals surface area contributed by atoms with E-state index in [1.807, 2.05) is 13.2 Å². The fraction of sp³-hybridized carbons (Fsp3) is 0.360. The third kappa shape index (κ3) is 4.21. The maximum absolute atomic E-state index is 13.9. The number of halogens is 1. The Morgan fingerprint density at radius 1 is 1.17 bits per heavy atom. The van der Waals surface area contributed by atoms with E-state index in [4.69, 9.17) is 4.74 Å². The lowest BCUT2D eigenvalue weighted by Gasteiger charge is -2.44. The van der Waals surface area contributed by atoms with Gasteiger partial charge in [-0.15, -0.1) is 0 Å². The quantitative estimate of drug-likeness (QED) is 0.590. The molecule has 186 valence electrons. The number of carbonyl (C=O) groups excluding carboxylic acids is 1. The van der Waals surface area contributed by atoms with E-state index in [0.29, 0.717) is 48.5 Å². The summed E-state index contributed by atoms with van der Waals surface area (Å²) in [6, 6.07) is 10.2. The highest BCUT2D eigenvalue weighted by Crippen LogP contribution is 2.49. The minimum atomic E-state index is -3.62. The van der Waals surface area contributed by atoms with E-state index in [0.717, 1.165) is 5.56 Å². The van der Waals surface area contributed by atoms with Crippen molar-refractivity contribution in [3.63, 3.8) is 0 Å². The number of aryl methyl sites for hydroxylation is 1. The average Bonchev–Trinajstić information content (AvgIpc) is 3.22. The van der Waals surface area contributed by atoms with E-state index in [-0.39, 0.29) is 24.1 Å². The van der Waals surface area contributed by atoms with Crippen LogP contribution in [0.4, 0.5) is 4.39 Å². The number of benzene rings is 2. The largest absolute Gasteiger partial charge is 0.482 e. The number of likely N-dealkylation sites (tertiary alicyclic amines) is 1. The monoisotopic (exact) mass is 500 g/mol. The van der Waals surface area contributed by atoms with Crippen molar-refractivity contribution in [3.8, 4) is 17.0 Å². The van der Waals surface area contributed by atoms with Crippen molar-refractivity contribution >= 4 is 15.9 Å². The fourth-order valence-electron chi connectivity index (χ4n) is 4.84. The Labute approximate surface area is 205 Å². The number of amides is 1. The smallest absolute Gasteiger partial charge is 0.253 e. The molecular weight excluding hydrogens is 471 g/mol. The molecule has 5 rings (SSSR count). The molecule has 1 spiro atoms. The van der Waals surface area contributed by atoms with Gasteiger partial charge in [0.15, 0.2) is 0 Å². The van der Waals surface area contributed by atoms with E-state index in [1.54, 1.807) is 41.6 Å². The molecule has 0 unspecified atom stereocenters. The summed E-state index contributed by atoms with van der Waals surface area (Å²) in [6.07, 6.45) is 3.02. The van der Waals surface area contributed by atoms with Gasteiger partial charge in [-0.25, -0.2) is 17.5 Å². The molecule has 1 amide bonds. The number of sulfonamides is 1. The number of hydrogen-bond acceptors (Lipinski definition) is 5. The topological polar surface area (TPSA) is 93.5 Å². The van der Waals surface area contributed by atoms with E-state index in [9.17, 15) is 17.6 Å². The van der Waals surface area contributed by atoms with Gasteiger partial charge in [0, 0.05) is 63.3 Å². The lowest BCUT2D eigenvalue weighted by atomic mass is 9.81. The van der Waals surface area contributed by atoms with E-state index in [2.05, 4.69) is 9.82 Å². The molecule has 1 N–H and O–H groups in total. The summed E-state index contributed by atoms with van der Waals surface area (Å²) in [5.41, 5.74) is 2.02. The standard InChI is InChI=1S/C25H27FN4O4S.H2/c1-16(2)28-35(32,33)19-7-4-17(5-8-19)24(31)30-12-10-25(11-13-30)21-15-29(3)27-23(21)20-14-18(26)6-9-22(20)34-25;/h4-9,14-16,28H,10-13H2,1-3H3;1H. The minimum absolute atomic E-state index is 0. The second-order valence-electron chi connectivity index (χ2n) is 9.39. The molecule has 0 radical (unpaired) electrons. The van der Waals surface area contributed by atoms with E-state index >= 15 is 0 Å². The number of aromatic nitrogens is 2. The van der Waals surface area contributed by atoms with Crippen LogP contribution in [0.5, 0.6) is 5.75 Å². The van der Waals surface area contributed by atoms with E-state index < -0.39 is 15.6 Å². The second kappa shape index (κ2) is 8.46. The Morgan fingerprint density at radius 3 is 2.51 bits per heavy atom. The van der Waals surface area contributed by atoms with Crippen LogP contribution in [0.15, 0.2) is 53.6 Å². The molecule has 1 saturated heterocycles. The predicted molar refractivity (Wildman–Crippen MR) is 130 cm³/mol. The van der Waals surface area contributed by atoms with Crippen LogP contribution in [0.2, 0.25) is 0 Å². The van der Waals surface area contributed by atoms with Gasteiger partial charge < -0.3 is 9.64 Å². The fourth-order valence-corrected chi connectivity index (χ4v) is 6.09. The maximum atomic E-state index is 13.9. The molecular formula is C25H29FN4O4S. The molecule has 10 heteroatoms. The summed E-state index contributed by atoms with van der Waals surface area (Å²) in [6.45, 7) is 4.41. The van der Waals surface area contributed by atoms with Gasteiger partial charge in [-0.2, -0.15) is 5.10 Å². The Balaban J connectivity index is 0.00000304. The molecule has 35 heavy (non-hydrogen) atoms. The van der Waals surface area contributed by atoms with Gasteiger partial charge in [0.05, 0.1) is 4.90 Å². The number of nitrogens with zero attached hydrogens (tertiary/aromatic N) is 3. The van der Waals surface area contributed by atoms with Crippen LogP contribution in [0.1, 0.15) is 44.0 Å². The lowest BCUT2D eigenvalue weighted by molar-refractivity contribution is -0.00173. The minimum Gasteiger partial charge on any atom is -0.482 e. The first-order valence-electron chi connectivity index (χ1n) is 11.5. The summed E-state index contributed by atoms with van der Waals surface area (Å²) in [5.74, 6) is 0.0774. The van der Waals surface area contributed by atoms with Gasteiger partial charge in [0.25, 0.3) is 5.91 Å². The van der Waals surface area contributed by atoms with Crippen LogP contribution in [0.3, 0.4) is 0 Å². The summed E-state index contributed by atoms with van der Waals surface area (Å²) < 4.78 is 49.3. The third-order valence-corrected chi connectivity index (χ3v) is 8.16. The summed E-state index contributed by atoms with van der Waals surface area (Å²) in [7, 11) is -1.80. The Kier molecular flexibility index (Phi) is 5.68. The van der Waals surface area contributed by atoms with Crippen LogP contribution < -0.4 is 9.46 Å². The Hall–Kier alpha value is -3.24. The zero-order chi connectivity index (χ0) is 25.0. The van der Waals surface area contributed by atoms with Crippen molar-refractivity contribution in [1.82, 2.24) is 19.4 Å². The molecule has 1 aromatic heterocycles. The first kappa shape index (κ1) is 23.5. The first-order chi connectivity index (χ1) is 16.6. The molecule has 2 aromatic carbocycles. The number of hydrogen-bond donors (Lipinski definition) is 1. The maximum Gasteiger partial charge on any atom is 0.253 e. The SMILES string of the molecule is CC(C)NS(=O)(=O)c1ccc(C(=O)N2CCC3(CC2)Oc2ccc(F)cc2-c2nn(C)cc23)cc1.[HH]. The zero-order valence-corrected chi connectivity index (χ0v) is 20.6. The van der Waals surface area contributed by atoms with Crippen molar-refractivity contribution in [2.24, 2.45) is 7.05 Å². The first-order valence-corrected chi connectivity index (χ1v) is 13.0. The number of ether oxygens (including phenoxy) is 1. The number of piperidine rings is 1. The van der Waals surface area contributed by atoms with Crippen molar-refractivity contribution in [2.75, 3.05) is 13.1 Å². The Morgan fingerprint density at radius 2 is 1.86 bits per heavy atom. The number of rotatable bonds is 4. The highest BCUT2D eigenvalue weighted by Gasteiger charge is 2.46. The summed E-state index contributed by atoms with van der Waals surface area (Å²) in [5, 5.41) is 4.57. The molecule has 0 atom stereocenters. The van der Waals surface area contributed by atoms with Gasteiger partial charge in [-0.3, -0.25) is 9.48 Å². The zero-order valence-electron chi connectivity index (χ0n) is 19.8. The average molecular weight is 501 g/mol. The van der Waals surface area contributed by atoms with Gasteiger partial charge in [-0.1, -0.05) is 0 Å². The van der Waals surface area contributed by atoms with Crippen LogP contribution >= 0.6 is 0 Å². The molecule has 0 aliphatic carbocycles. The van der Waals surface area contributed by atoms with Gasteiger partial charge >= 0.3 is 0 Å². The molecule has 8 nitrogen and oxygen atoms in total. The van der Waals surface area contributed by atoms with Crippen molar-refractivity contribution in [1.29, 1.82) is 0 Å². The molecule has 0 saturated carbocycles. The highest BCUT2D eigenvalue weighted by atomic mass is 32.2. The van der Waals surface area contributed by atoms with Gasteiger partial charge in [0.1, 0.15) is 22.9 Å². The number of fused-ring (bicyclic) bond motifs is 4. The second-order valence-corrected chi connectivity index (χ2v) is 11.1. The van der Waals surface area contributed by atoms with Gasteiger partial charge in [-0.05, 0) is 56.3 Å². The Bertz CT molecular complexity index is 1400. The molecule has 1 fully saturated rings. The predicted octanol–water partition coefficient (Wildman–Crippen LogP) is 3.68.